The van der Waals surface area contributed by atoms with Gasteiger partial charge in [0.05, 0.1) is 6.61 Å². The molecule has 0 amide bonds. The number of carbonyl (C=O) groups excluding carboxylic acids is 2. The minimum absolute atomic E-state index is 0.152. The molecule has 0 aliphatic carbocycles. The molecule has 0 bridgehead atoms. The molecule has 18 heavy (non-hydrogen) atoms. The summed E-state index contributed by atoms with van der Waals surface area (Å²) in [6.45, 7) is 4.73. The lowest BCUT2D eigenvalue weighted by Crippen LogP contribution is -2.12. The van der Waals surface area contributed by atoms with E-state index >= 15 is 0 Å². The molecule has 1 atom stereocenters. The minimum atomic E-state index is -0.155. The maximum Gasteiger partial charge on any atom is 0.306 e. The summed E-state index contributed by atoms with van der Waals surface area (Å²) >= 11 is 0. The molecule has 0 N–H and O–H groups in total. The van der Waals surface area contributed by atoms with Crippen molar-refractivity contribution in [3.63, 3.8) is 0 Å². The van der Waals surface area contributed by atoms with Gasteiger partial charge in [-0.15, -0.1) is 0 Å². The average molecular weight is 256 g/mol. The molecule has 0 rings (SSSR count). The fraction of sp³-hybridized carbons (Fsp3) is 0.867. The molecule has 0 aliphatic heterocycles. The quantitative estimate of drug-likeness (QED) is 0.302. The molecule has 0 radical (unpaired) electrons. The number of unbranched alkanes of at least 4 members (excludes halogenated alkanes) is 5. The summed E-state index contributed by atoms with van der Waals surface area (Å²) in [5.74, 6) is -0.00295. The summed E-state index contributed by atoms with van der Waals surface area (Å²) in [5.41, 5.74) is 0. The summed E-state index contributed by atoms with van der Waals surface area (Å²) in [7, 11) is 0. The summed E-state index contributed by atoms with van der Waals surface area (Å²) in [6.07, 6.45) is 9.73. The molecule has 0 spiro atoms. The molecule has 3 heteroatoms. The van der Waals surface area contributed by atoms with Crippen LogP contribution in [0, 0.1) is 5.92 Å². The molecule has 0 aromatic heterocycles. The Bertz CT molecular complexity index is 214. The predicted molar refractivity (Wildman–Crippen MR) is 73.4 cm³/mol. The van der Waals surface area contributed by atoms with Crippen LogP contribution in [0.5, 0.6) is 0 Å². The third-order valence-electron chi connectivity index (χ3n) is 3.22. The van der Waals surface area contributed by atoms with Gasteiger partial charge in [0.25, 0.3) is 0 Å². The zero-order chi connectivity index (χ0) is 13.6. The number of carbonyl (C=O) groups is 2. The molecule has 106 valence electrons. The van der Waals surface area contributed by atoms with E-state index in [1.54, 1.807) is 0 Å². The highest BCUT2D eigenvalue weighted by molar-refractivity contribution is 5.70. The van der Waals surface area contributed by atoms with Crippen LogP contribution in [0.25, 0.3) is 0 Å². The van der Waals surface area contributed by atoms with Gasteiger partial charge in [-0.3, -0.25) is 4.79 Å². The van der Waals surface area contributed by atoms with E-state index in [4.69, 9.17) is 4.74 Å². The first-order valence-corrected chi connectivity index (χ1v) is 7.33. The largest absolute Gasteiger partial charge is 0.466 e. The van der Waals surface area contributed by atoms with Gasteiger partial charge in [0, 0.05) is 12.8 Å². The third-order valence-corrected chi connectivity index (χ3v) is 3.22. The van der Waals surface area contributed by atoms with Gasteiger partial charge in [-0.1, -0.05) is 52.4 Å². The highest BCUT2D eigenvalue weighted by Crippen LogP contribution is 2.12. The first kappa shape index (κ1) is 17.1. The van der Waals surface area contributed by atoms with Crippen molar-refractivity contribution < 1.29 is 14.3 Å². The number of hydrogen-bond acceptors (Lipinski definition) is 3. The Hall–Kier alpha value is -0.860. The normalized spacial score (nSPS) is 12.1. The Morgan fingerprint density at radius 1 is 1.11 bits per heavy atom. The van der Waals surface area contributed by atoms with Crippen molar-refractivity contribution in [3.05, 3.63) is 0 Å². The van der Waals surface area contributed by atoms with E-state index < -0.39 is 0 Å². The number of ether oxygens (including phenoxy) is 1. The van der Waals surface area contributed by atoms with E-state index in [9.17, 15) is 9.59 Å². The predicted octanol–water partition coefficient (Wildman–Crippen LogP) is 3.90. The lowest BCUT2D eigenvalue weighted by Gasteiger charge is -2.10. The SMILES string of the molecule is CCCCCCCCOC(=O)CC(CC)CC=O. The minimum Gasteiger partial charge on any atom is -0.466 e. The second kappa shape index (κ2) is 12.6. The van der Waals surface area contributed by atoms with E-state index in [1.807, 2.05) is 6.92 Å². The van der Waals surface area contributed by atoms with Gasteiger partial charge in [0.2, 0.25) is 0 Å². The second-order valence-electron chi connectivity index (χ2n) is 4.87. The lowest BCUT2D eigenvalue weighted by molar-refractivity contribution is -0.145. The first-order valence-electron chi connectivity index (χ1n) is 7.33. The smallest absolute Gasteiger partial charge is 0.306 e. The third kappa shape index (κ3) is 10.3. The van der Waals surface area contributed by atoms with Crippen LogP contribution >= 0.6 is 0 Å². The Balaban J connectivity index is 3.43. The summed E-state index contributed by atoms with van der Waals surface area (Å²) in [5, 5.41) is 0. The lowest BCUT2D eigenvalue weighted by atomic mass is 9.99. The van der Waals surface area contributed by atoms with Crippen LogP contribution in [0.15, 0.2) is 0 Å². The molecule has 0 fully saturated rings. The van der Waals surface area contributed by atoms with Crippen LogP contribution in [0.3, 0.4) is 0 Å². The monoisotopic (exact) mass is 256 g/mol. The summed E-state index contributed by atoms with van der Waals surface area (Å²) in [4.78, 5) is 21.9. The van der Waals surface area contributed by atoms with Crippen molar-refractivity contribution in [1.29, 1.82) is 0 Å². The highest BCUT2D eigenvalue weighted by Gasteiger charge is 2.12. The maximum absolute atomic E-state index is 11.5. The van der Waals surface area contributed by atoms with Crippen LogP contribution in [0.1, 0.15) is 71.6 Å². The molecule has 1 unspecified atom stereocenters. The van der Waals surface area contributed by atoms with Crippen LogP contribution in [0.4, 0.5) is 0 Å². The Morgan fingerprint density at radius 2 is 1.78 bits per heavy atom. The van der Waals surface area contributed by atoms with Crippen molar-refractivity contribution in [2.75, 3.05) is 6.61 Å². The zero-order valence-electron chi connectivity index (χ0n) is 12.0. The van der Waals surface area contributed by atoms with Gasteiger partial charge in [0.1, 0.15) is 6.29 Å². The van der Waals surface area contributed by atoms with E-state index in [1.165, 1.54) is 25.7 Å². The van der Waals surface area contributed by atoms with Crippen LogP contribution in [-0.2, 0) is 14.3 Å². The maximum atomic E-state index is 11.5. The number of hydrogen-bond donors (Lipinski definition) is 0. The number of rotatable bonds is 12. The van der Waals surface area contributed by atoms with Crippen molar-refractivity contribution >= 4 is 12.3 Å². The average Bonchev–Trinajstić information content (AvgIpc) is 2.37. The van der Waals surface area contributed by atoms with Crippen LogP contribution in [0.2, 0.25) is 0 Å². The van der Waals surface area contributed by atoms with Gasteiger partial charge >= 0.3 is 5.97 Å². The fourth-order valence-electron chi connectivity index (χ4n) is 1.89. The molecular formula is C15H28O3. The van der Waals surface area contributed by atoms with E-state index in [-0.39, 0.29) is 11.9 Å². The highest BCUT2D eigenvalue weighted by atomic mass is 16.5. The zero-order valence-corrected chi connectivity index (χ0v) is 12.0. The fourth-order valence-corrected chi connectivity index (χ4v) is 1.89. The van der Waals surface area contributed by atoms with Crippen LogP contribution in [-0.4, -0.2) is 18.9 Å². The summed E-state index contributed by atoms with van der Waals surface area (Å²) in [6, 6.07) is 0. The van der Waals surface area contributed by atoms with Gasteiger partial charge in [0.15, 0.2) is 0 Å². The van der Waals surface area contributed by atoms with Gasteiger partial charge < -0.3 is 9.53 Å². The molecule has 0 saturated carbocycles. The number of aldehydes is 1. The van der Waals surface area contributed by atoms with Crippen molar-refractivity contribution in [1.82, 2.24) is 0 Å². The van der Waals surface area contributed by atoms with E-state index in [0.29, 0.717) is 19.4 Å². The molecule has 0 saturated heterocycles. The molecule has 3 nitrogen and oxygen atoms in total. The van der Waals surface area contributed by atoms with Gasteiger partial charge in [-0.2, -0.15) is 0 Å². The summed E-state index contributed by atoms with van der Waals surface area (Å²) < 4.78 is 5.17. The molecule has 0 aliphatic rings. The second-order valence-corrected chi connectivity index (χ2v) is 4.87. The van der Waals surface area contributed by atoms with E-state index in [0.717, 1.165) is 25.5 Å². The Morgan fingerprint density at radius 3 is 2.39 bits per heavy atom. The number of esters is 1. The standard InChI is InChI=1S/C15H28O3/c1-3-5-6-7-8-9-12-18-15(17)13-14(4-2)10-11-16/h11,14H,3-10,12-13H2,1-2H3. The molecular weight excluding hydrogens is 228 g/mol. The van der Waals surface area contributed by atoms with Gasteiger partial charge in [-0.25, -0.2) is 0 Å². The topological polar surface area (TPSA) is 43.4 Å². The van der Waals surface area contributed by atoms with Gasteiger partial charge in [-0.05, 0) is 12.3 Å². The van der Waals surface area contributed by atoms with E-state index in [2.05, 4.69) is 6.92 Å². The Labute approximate surface area is 111 Å². The van der Waals surface area contributed by atoms with Crippen molar-refractivity contribution in [2.45, 2.75) is 71.6 Å². The molecule has 0 aromatic rings. The van der Waals surface area contributed by atoms with Crippen molar-refractivity contribution in [3.8, 4) is 0 Å². The first-order chi connectivity index (χ1) is 8.74. The van der Waals surface area contributed by atoms with Crippen molar-refractivity contribution in [2.24, 2.45) is 5.92 Å². The molecule has 0 aromatic carbocycles. The Kier molecular flexibility index (Phi) is 12.0. The molecule has 0 heterocycles. The van der Waals surface area contributed by atoms with Crippen LogP contribution < -0.4 is 0 Å².